The predicted molar refractivity (Wildman–Crippen MR) is 122 cm³/mol. The van der Waals surface area contributed by atoms with Crippen molar-refractivity contribution in [2.45, 2.75) is 31.1 Å². The summed E-state index contributed by atoms with van der Waals surface area (Å²) >= 11 is 3.59. The fourth-order valence-corrected chi connectivity index (χ4v) is 11.0. The standard InChI is InChI=1S/C25H22BrFSi/c1-15-12-21-22(13-16(27)14-23(21)26)24(15)28(2,3)25-19-10-6-4-8-17(19)18-9-5-7-11-20(18)25/h4-14,24-25H,1-3H3. The molecule has 0 amide bonds. The van der Waals surface area contributed by atoms with E-state index in [-0.39, 0.29) is 5.82 Å². The number of rotatable bonds is 2. The number of halogens is 2. The van der Waals surface area contributed by atoms with Gasteiger partial charge in [0, 0.05) is 15.6 Å². The van der Waals surface area contributed by atoms with E-state index in [4.69, 9.17) is 0 Å². The molecule has 1 unspecified atom stereocenters. The average Bonchev–Trinajstić information content (AvgIpc) is 3.17. The van der Waals surface area contributed by atoms with Gasteiger partial charge in [-0.15, -0.1) is 0 Å². The molecule has 0 N–H and O–H groups in total. The Morgan fingerprint density at radius 3 is 2.00 bits per heavy atom. The van der Waals surface area contributed by atoms with Crippen molar-refractivity contribution in [2.75, 3.05) is 0 Å². The fraction of sp³-hybridized carbons (Fsp3) is 0.200. The van der Waals surface area contributed by atoms with E-state index in [0.29, 0.717) is 11.1 Å². The first-order valence-electron chi connectivity index (χ1n) is 9.75. The van der Waals surface area contributed by atoms with Gasteiger partial charge in [0.2, 0.25) is 0 Å². The van der Waals surface area contributed by atoms with Crippen molar-refractivity contribution in [1.29, 1.82) is 0 Å². The lowest BCUT2D eigenvalue weighted by Gasteiger charge is -2.38. The zero-order valence-electron chi connectivity index (χ0n) is 16.3. The van der Waals surface area contributed by atoms with E-state index in [1.807, 2.05) is 0 Å². The van der Waals surface area contributed by atoms with Gasteiger partial charge < -0.3 is 0 Å². The first-order chi connectivity index (χ1) is 13.4. The van der Waals surface area contributed by atoms with Crippen molar-refractivity contribution in [2.24, 2.45) is 0 Å². The van der Waals surface area contributed by atoms with Crippen LogP contribution in [0.1, 0.15) is 40.3 Å². The monoisotopic (exact) mass is 448 g/mol. The molecular weight excluding hydrogens is 427 g/mol. The summed E-state index contributed by atoms with van der Waals surface area (Å²) < 4.78 is 15.2. The fourth-order valence-electron chi connectivity index (χ4n) is 5.66. The second-order valence-electron chi connectivity index (χ2n) is 8.64. The summed E-state index contributed by atoms with van der Waals surface area (Å²) in [6.07, 6.45) is 2.25. The third-order valence-electron chi connectivity index (χ3n) is 6.59. The molecule has 0 nitrogen and oxygen atoms in total. The quantitative estimate of drug-likeness (QED) is 0.352. The zero-order valence-corrected chi connectivity index (χ0v) is 18.8. The number of allylic oxidation sites excluding steroid dienone is 1. The normalized spacial score (nSPS) is 17.9. The highest BCUT2D eigenvalue weighted by Gasteiger charge is 2.48. The molecule has 3 aromatic carbocycles. The molecule has 140 valence electrons. The van der Waals surface area contributed by atoms with E-state index in [1.54, 1.807) is 12.1 Å². The molecule has 2 aliphatic rings. The molecule has 0 spiro atoms. The Bertz CT molecular complexity index is 1100. The average molecular weight is 449 g/mol. The largest absolute Gasteiger partial charge is 0.207 e. The van der Waals surface area contributed by atoms with Crippen LogP contribution in [-0.4, -0.2) is 8.07 Å². The smallest absolute Gasteiger partial charge is 0.124 e. The molecule has 0 fully saturated rings. The first kappa shape index (κ1) is 18.1. The lowest BCUT2D eigenvalue weighted by molar-refractivity contribution is 0.624. The third kappa shape index (κ3) is 2.46. The maximum absolute atomic E-state index is 14.3. The third-order valence-corrected chi connectivity index (χ3v) is 11.6. The van der Waals surface area contributed by atoms with Crippen LogP contribution in [0.3, 0.4) is 0 Å². The van der Waals surface area contributed by atoms with E-state index < -0.39 is 8.07 Å². The van der Waals surface area contributed by atoms with Gasteiger partial charge in [0.1, 0.15) is 5.82 Å². The van der Waals surface area contributed by atoms with Gasteiger partial charge in [0.05, 0.1) is 8.07 Å². The highest BCUT2D eigenvalue weighted by atomic mass is 79.9. The molecule has 0 bridgehead atoms. The Morgan fingerprint density at radius 2 is 1.39 bits per heavy atom. The van der Waals surface area contributed by atoms with Crippen molar-refractivity contribution in [3.63, 3.8) is 0 Å². The molecule has 5 rings (SSSR count). The Morgan fingerprint density at radius 1 is 0.821 bits per heavy atom. The highest BCUT2D eigenvalue weighted by molar-refractivity contribution is 9.10. The van der Waals surface area contributed by atoms with Crippen LogP contribution in [0.15, 0.2) is 70.7 Å². The van der Waals surface area contributed by atoms with Crippen molar-refractivity contribution >= 4 is 30.1 Å². The lowest BCUT2D eigenvalue weighted by atomic mass is 10.1. The molecule has 28 heavy (non-hydrogen) atoms. The molecule has 0 radical (unpaired) electrons. The molecule has 0 saturated carbocycles. The van der Waals surface area contributed by atoms with E-state index in [9.17, 15) is 4.39 Å². The summed E-state index contributed by atoms with van der Waals surface area (Å²) in [7, 11) is -1.96. The minimum atomic E-state index is -1.96. The van der Waals surface area contributed by atoms with Crippen molar-refractivity contribution in [3.8, 4) is 11.1 Å². The predicted octanol–water partition coefficient (Wildman–Crippen LogP) is 7.69. The van der Waals surface area contributed by atoms with Gasteiger partial charge in [-0.25, -0.2) is 4.39 Å². The van der Waals surface area contributed by atoms with E-state index in [2.05, 4.69) is 90.6 Å². The Balaban J connectivity index is 1.72. The van der Waals surface area contributed by atoms with Gasteiger partial charge in [0.25, 0.3) is 0 Å². The number of fused-ring (bicyclic) bond motifs is 4. The van der Waals surface area contributed by atoms with Gasteiger partial charge in [-0.05, 0) is 52.4 Å². The Hall–Kier alpha value is -1.97. The first-order valence-corrected chi connectivity index (χ1v) is 13.7. The van der Waals surface area contributed by atoms with E-state index >= 15 is 0 Å². The van der Waals surface area contributed by atoms with Crippen molar-refractivity contribution < 1.29 is 4.39 Å². The summed E-state index contributed by atoms with van der Waals surface area (Å²) in [4.78, 5) is 0. The Kier molecular flexibility index (Phi) is 4.04. The van der Waals surface area contributed by atoms with Crippen LogP contribution in [0.4, 0.5) is 4.39 Å². The maximum Gasteiger partial charge on any atom is 0.124 e. The molecule has 0 saturated heterocycles. The Labute approximate surface area is 175 Å². The van der Waals surface area contributed by atoms with E-state index in [1.165, 1.54) is 27.8 Å². The summed E-state index contributed by atoms with van der Waals surface area (Å²) in [6.45, 7) is 7.18. The highest BCUT2D eigenvalue weighted by Crippen LogP contribution is 2.55. The van der Waals surface area contributed by atoms with Crippen LogP contribution >= 0.6 is 15.9 Å². The van der Waals surface area contributed by atoms with Crippen LogP contribution in [0, 0.1) is 5.82 Å². The topological polar surface area (TPSA) is 0 Å². The molecule has 0 heterocycles. The van der Waals surface area contributed by atoms with Crippen molar-refractivity contribution in [1.82, 2.24) is 0 Å². The molecular formula is C25H22BrFSi. The van der Waals surface area contributed by atoms with Gasteiger partial charge >= 0.3 is 0 Å². The van der Waals surface area contributed by atoms with E-state index in [0.717, 1.165) is 15.6 Å². The second kappa shape index (κ2) is 6.26. The molecule has 3 aromatic rings. The van der Waals surface area contributed by atoms with Crippen LogP contribution in [0.5, 0.6) is 0 Å². The summed E-state index contributed by atoms with van der Waals surface area (Å²) in [5.74, 6) is -0.157. The lowest BCUT2D eigenvalue weighted by Crippen LogP contribution is -2.42. The minimum Gasteiger partial charge on any atom is -0.207 e. The molecule has 1 atom stereocenters. The van der Waals surface area contributed by atoms with Gasteiger partial charge in [-0.3, -0.25) is 0 Å². The van der Waals surface area contributed by atoms with Gasteiger partial charge in [0.15, 0.2) is 0 Å². The SMILES string of the molecule is CC1=Cc2c(Br)cc(F)cc2C1[Si](C)(C)C1c2ccccc2-c2ccccc21. The van der Waals surface area contributed by atoms with Crippen molar-refractivity contribution in [3.05, 3.63) is 98.8 Å². The zero-order chi connectivity index (χ0) is 19.6. The van der Waals surface area contributed by atoms with Gasteiger partial charge in [-0.1, -0.05) is 89.2 Å². The summed E-state index contributed by atoms with van der Waals surface area (Å²) in [5, 5.41) is 0. The molecule has 0 aromatic heterocycles. The molecule has 3 heteroatoms. The maximum atomic E-state index is 14.3. The van der Waals surface area contributed by atoms with Crippen LogP contribution in [0.2, 0.25) is 13.1 Å². The van der Waals surface area contributed by atoms with Crippen LogP contribution in [0.25, 0.3) is 17.2 Å². The van der Waals surface area contributed by atoms with Crippen LogP contribution < -0.4 is 0 Å². The number of hydrogen-bond acceptors (Lipinski definition) is 0. The summed E-state index contributed by atoms with van der Waals surface area (Å²) in [5.41, 5.74) is 9.99. The van der Waals surface area contributed by atoms with Gasteiger partial charge in [-0.2, -0.15) is 0 Å². The molecule has 2 aliphatic carbocycles. The minimum absolute atomic E-state index is 0.157. The number of benzene rings is 3. The molecule has 0 aliphatic heterocycles. The second-order valence-corrected chi connectivity index (χ2v) is 14.3. The van der Waals surface area contributed by atoms with Crippen LogP contribution in [-0.2, 0) is 0 Å². The number of hydrogen-bond donors (Lipinski definition) is 0. The summed E-state index contributed by atoms with van der Waals surface area (Å²) in [6, 6.07) is 21.0.